The van der Waals surface area contributed by atoms with Gasteiger partial charge in [0.25, 0.3) is 0 Å². The molecule has 13 heavy (non-hydrogen) atoms. The summed E-state index contributed by atoms with van der Waals surface area (Å²) in [6.07, 6.45) is -1.28. The lowest BCUT2D eigenvalue weighted by molar-refractivity contribution is 0.0853. The van der Waals surface area contributed by atoms with E-state index in [1.54, 1.807) is 31.4 Å². The molecule has 70 valence electrons. The number of benzene rings is 1. The standard InChI is InChI=1S/C9H10O4/c1-12-8-4-2-3-7(5-8)6-13-9(10)11/h2-5H,6H2,1H3,(H,10,11). The van der Waals surface area contributed by atoms with Gasteiger partial charge in [0.05, 0.1) is 7.11 Å². The minimum atomic E-state index is -1.28. The van der Waals surface area contributed by atoms with Crippen LogP contribution >= 0.6 is 0 Å². The molecule has 0 aliphatic rings. The maximum absolute atomic E-state index is 10.1. The van der Waals surface area contributed by atoms with Crippen LogP contribution in [0.4, 0.5) is 4.79 Å². The van der Waals surface area contributed by atoms with Crippen LogP contribution in [0, 0.1) is 0 Å². The average molecular weight is 182 g/mol. The third-order valence-electron chi connectivity index (χ3n) is 1.50. The van der Waals surface area contributed by atoms with Gasteiger partial charge in [-0.25, -0.2) is 4.79 Å². The van der Waals surface area contributed by atoms with E-state index >= 15 is 0 Å². The van der Waals surface area contributed by atoms with E-state index in [-0.39, 0.29) is 6.61 Å². The highest BCUT2D eigenvalue weighted by Gasteiger charge is 1.99. The lowest BCUT2D eigenvalue weighted by atomic mass is 10.2. The molecule has 0 bridgehead atoms. The summed E-state index contributed by atoms with van der Waals surface area (Å²) in [5.74, 6) is 0.687. The quantitative estimate of drug-likeness (QED) is 0.725. The lowest BCUT2D eigenvalue weighted by Gasteiger charge is -2.03. The van der Waals surface area contributed by atoms with E-state index in [1.807, 2.05) is 0 Å². The van der Waals surface area contributed by atoms with Crippen LogP contribution in [0.25, 0.3) is 0 Å². The maximum atomic E-state index is 10.1. The fraction of sp³-hybridized carbons (Fsp3) is 0.222. The second kappa shape index (κ2) is 4.35. The average Bonchev–Trinajstić information content (AvgIpc) is 2.15. The third-order valence-corrected chi connectivity index (χ3v) is 1.50. The first-order chi connectivity index (χ1) is 6.22. The normalized spacial score (nSPS) is 9.31. The molecule has 4 heteroatoms. The molecule has 0 saturated heterocycles. The summed E-state index contributed by atoms with van der Waals surface area (Å²) in [6.45, 7) is 0.0481. The second-order valence-electron chi connectivity index (χ2n) is 2.41. The minimum Gasteiger partial charge on any atom is -0.497 e. The van der Waals surface area contributed by atoms with Crippen LogP contribution in [0.2, 0.25) is 0 Å². The van der Waals surface area contributed by atoms with Gasteiger partial charge >= 0.3 is 6.16 Å². The van der Waals surface area contributed by atoms with Gasteiger partial charge in [-0.2, -0.15) is 0 Å². The molecule has 0 aromatic heterocycles. The van der Waals surface area contributed by atoms with Crippen molar-refractivity contribution in [3.63, 3.8) is 0 Å². The maximum Gasteiger partial charge on any atom is 0.506 e. The Morgan fingerprint density at radius 3 is 2.92 bits per heavy atom. The van der Waals surface area contributed by atoms with Crippen LogP contribution in [0.3, 0.4) is 0 Å². The third kappa shape index (κ3) is 3.02. The van der Waals surface area contributed by atoms with Crippen molar-refractivity contribution in [2.45, 2.75) is 6.61 Å². The second-order valence-corrected chi connectivity index (χ2v) is 2.41. The summed E-state index contributed by atoms with van der Waals surface area (Å²) in [5, 5.41) is 8.25. The zero-order valence-electron chi connectivity index (χ0n) is 7.19. The number of hydrogen-bond acceptors (Lipinski definition) is 3. The van der Waals surface area contributed by atoms with Crippen molar-refractivity contribution in [2.24, 2.45) is 0 Å². The van der Waals surface area contributed by atoms with E-state index in [9.17, 15) is 4.79 Å². The molecule has 0 unspecified atom stereocenters. The zero-order valence-corrected chi connectivity index (χ0v) is 7.19. The molecule has 0 fully saturated rings. The van der Waals surface area contributed by atoms with E-state index in [0.717, 1.165) is 5.56 Å². The summed E-state index contributed by atoms with van der Waals surface area (Å²) in [4.78, 5) is 10.1. The molecule has 1 aromatic carbocycles. The molecule has 0 aliphatic heterocycles. The summed E-state index contributed by atoms with van der Waals surface area (Å²) in [7, 11) is 1.55. The monoisotopic (exact) mass is 182 g/mol. The molecule has 0 spiro atoms. The van der Waals surface area contributed by atoms with E-state index in [0.29, 0.717) is 5.75 Å². The SMILES string of the molecule is COc1cccc(COC(=O)O)c1. The minimum absolute atomic E-state index is 0.0481. The predicted molar refractivity (Wildman–Crippen MR) is 45.8 cm³/mol. The highest BCUT2D eigenvalue weighted by atomic mass is 16.7. The Balaban J connectivity index is 2.61. The smallest absolute Gasteiger partial charge is 0.497 e. The molecule has 0 radical (unpaired) electrons. The first-order valence-electron chi connectivity index (χ1n) is 3.71. The highest BCUT2D eigenvalue weighted by molar-refractivity contribution is 5.56. The molecule has 4 nitrogen and oxygen atoms in total. The summed E-state index contributed by atoms with van der Waals surface area (Å²) >= 11 is 0. The zero-order chi connectivity index (χ0) is 9.68. The van der Waals surface area contributed by atoms with Gasteiger partial charge in [0, 0.05) is 0 Å². The van der Waals surface area contributed by atoms with Gasteiger partial charge in [-0.3, -0.25) is 0 Å². The van der Waals surface area contributed by atoms with Gasteiger partial charge in [0.2, 0.25) is 0 Å². The van der Waals surface area contributed by atoms with Gasteiger partial charge in [0.15, 0.2) is 0 Å². The van der Waals surface area contributed by atoms with Crippen molar-refractivity contribution >= 4 is 6.16 Å². The summed E-state index contributed by atoms with van der Waals surface area (Å²) in [6, 6.07) is 7.05. The van der Waals surface area contributed by atoms with E-state index < -0.39 is 6.16 Å². The van der Waals surface area contributed by atoms with Crippen molar-refractivity contribution < 1.29 is 19.4 Å². The van der Waals surface area contributed by atoms with Gasteiger partial charge in [-0.1, -0.05) is 12.1 Å². The largest absolute Gasteiger partial charge is 0.506 e. The summed E-state index contributed by atoms with van der Waals surface area (Å²) < 4.78 is 9.35. The molecule has 0 amide bonds. The first-order valence-corrected chi connectivity index (χ1v) is 3.71. The molecular weight excluding hydrogens is 172 g/mol. The number of methoxy groups -OCH3 is 1. The van der Waals surface area contributed by atoms with Crippen LogP contribution in [0.5, 0.6) is 5.75 Å². The molecule has 0 aliphatic carbocycles. The molecule has 0 atom stereocenters. The number of ether oxygens (including phenoxy) is 2. The fourth-order valence-corrected chi connectivity index (χ4v) is 0.907. The van der Waals surface area contributed by atoms with Crippen molar-refractivity contribution in [2.75, 3.05) is 7.11 Å². The Morgan fingerprint density at radius 2 is 2.31 bits per heavy atom. The van der Waals surface area contributed by atoms with Gasteiger partial charge in [-0.15, -0.1) is 0 Å². The molecule has 0 saturated carbocycles. The van der Waals surface area contributed by atoms with Gasteiger partial charge in [-0.05, 0) is 17.7 Å². The molecule has 0 heterocycles. The number of carbonyl (C=O) groups is 1. The van der Waals surface area contributed by atoms with Gasteiger partial charge in [0.1, 0.15) is 12.4 Å². The molecular formula is C9H10O4. The molecule has 1 rings (SSSR count). The topological polar surface area (TPSA) is 55.8 Å². The first kappa shape index (κ1) is 9.38. The predicted octanol–water partition coefficient (Wildman–Crippen LogP) is 1.89. The van der Waals surface area contributed by atoms with Crippen LogP contribution in [-0.2, 0) is 11.3 Å². The van der Waals surface area contributed by atoms with Crippen molar-refractivity contribution in [3.05, 3.63) is 29.8 Å². The number of rotatable bonds is 3. The highest BCUT2D eigenvalue weighted by Crippen LogP contribution is 2.12. The van der Waals surface area contributed by atoms with E-state index in [4.69, 9.17) is 9.84 Å². The van der Waals surface area contributed by atoms with Crippen LogP contribution in [-0.4, -0.2) is 18.4 Å². The molecule has 1 N–H and O–H groups in total. The Hall–Kier alpha value is -1.71. The number of carboxylic acid groups (broad SMARTS) is 1. The Kier molecular flexibility index (Phi) is 3.14. The van der Waals surface area contributed by atoms with Crippen LogP contribution in [0.15, 0.2) is 24.3 Å². The lowest BCUT2D eigenvalue weighted by Crippen LogP contribution is -2.00. The fourth-order valence-electron chi connectivity index (χ4n) is 0.907. The van der Waals surface area contributed by atoms with E-state index in [1.165, 1.54) is 0 Å². The summed E-state index contributed by atoms with van der Waals surface area (Å²) in [5.41, 5.74) is 0.766. The van der Waals surface area contributed by atoms with Crippen LogP contribution < -0.4 is 4.74 Å². The Labute approximate surface area is 75.7 Å². The Morgan fingerprint density at radius 1 is 1.54 bits per heavy atom. The van der Waals surface area contributed by atoms with Crippen LogP contribution in [0.1, 0.15) is 5.56 Å². The van der Waals surface area contributed by atoms with E-state index in [2.05, 4.69) is 4.74 Å². The van der Waals surface area contributed by atoms with Crippen molar-refractivity contribution in [3.8, 4) is 5.75 Å². The van der Waals surface area contributed by atoms with Crippen molar-refractivity contribution in [1.29, 1.82) is 0 Å². The molecule has 1 aromatic rings. The number of hydrogen-bond donors (Lipinski definition) is 1. The Bertz CT molecular complexity index is 295. The van der Waals surface area contributed by atoms with Gasteiger partial charge < -0.3 is 14.6 Å². The van der Waals surface area contributed by atoms with Crippen molar-refractivity contribution in [1.82, 2.24) is 0 Å².